The quantitative estimate of drug-likeness (QED) is 0.510. The normalized spacial score (nSPS) is 12.6. The summed E-state index contributed by atoms with van der Waals surface area (Å²) < 4.78 is 0. The minimum Gasteiger partial charge on any atom is -0.401 e. The molecule has 0 heterocycles. The van der Waals surface area contributed by atoms with Crippen LogP contribution < -0.4 is 11.5 Å². The van der Waals surface area contributed by atoms with Gasteiger partial charge in [-0.3, -0.25) is 4.79 Å². The molecule has 0 aromatic carbocycles. The number of allylic oxidation sites excluding steroid dienone is 2. The van der Waals surface area contributed by atoms with Crippen molar-refractivity contribution in [2.24, 2.45) is 16.5 Å². The molecular formula is C12H21N3O. The molecule has 0 atom stereocenters. The van der Waals surface area contributed by atoms with Gasteiger partial charge >= 0.3 is 0 Å². The first kappa shape index (κ1) is 14.4. The molecule has 0 fully saturated rings. The molecule has 0 aliphatic heterocycles. The van der Waals surface area contributed by atoms with Gasteiger partial charge in [0.15, 0.2) is 5.78 Å². The maximum Gasteiger partial charge on any atom is 0.180 e. The number of nitrogens with two attached hydrogens (primary N) is 2. The highest BCUT2D eigenvalue weighted by molar-refractivity contribution is 6.45. The lowest BCUT2D eigenvalue weighted by Crippen LogP contribution is -2.17. The lowest BCUT2D eigenvalue weighted by Gasteiger charge is -2.01. The largest absolute Gasteiger partial charge is 0.401 e. The first-order chi connectivity index (χ1) is 7.49. The lowest BCUT2D eigenvalue weighted by atomic mass is 10.2. The molecule has 4 heteroatoms. The monoisotopic (exact) mass is 223 g/mol. The lowest BCUT2D eigenvalue weighted by molar-refractivity contribution is -0.111. The van der Waals surface area contributed by atoms with Crippen LogP contribution in [0.4, 0.5) is 0 Å². The van der Waals surface area contributed by atoms with E-state index in [1.165, 1.54) is 13.1 Å². The van der Waals surface area contributed by atoms with Crippen molar-refractivity contribution in [1.29, 1.82) is 0 Å². The topological polar surface area (TPSA) is 81.5 Å². The molecule has 0 radical (unpaired) electrons. The fourth-order valence-corrected chi connectivity index (χ4v) is 1.19. The Labute approximate surface area is 97.1 Å². The van der Waals surface area contributed by atoms with Gasteiger partial charge in [-0.15, -0.1) is 0 Å². The Balaban J connectivity index is 4.44. The number of aliphatic imine (C=N–C) groups is 1. The number of unbranched alkanes of at least 4 members (excludes halogenated alkanes) is 2. The molecule has 0 unspecified atom stereocenters. The molecule has 90 valence electrons. The van der Waals surface area contributed by atoms with Gasteiger partial charge < -0.3 is 11.5 Å². The second-order valence-electron chi connectivity index (χ2n) is 3.72. The van der Waals surface area contributed by atoms with Crippen LogP contribution in [0.3, 0.4) is 0 Å². The third-order valence-corrected chi connectivity index (χ3v) is 2.07. The summed E-state index contributed by atoms with van der Waals surface area (Å²) in [5.41, 5.74) is 12.2. The molecule has 0 amide bonds. The molecule has 0 saturated heterocycles. The van der Waals surface area contributed by atoms with E-state index in [1.54, 1.807) is 0 Å². The number of ketones is 1. The molecule has 16 heavy (non-hydrogen) atoms. The van der Waals surface area contributed by atoms with Crippen LogP contribution in [0.2, 0.25) is 0 Å². The second-order valence-corrected chi connectivity index (χ2v) is 3.72. The number of rotatable bonds is 7. The van der Waals surface area contributed by atoms with E-state index in [4.69, 9.17) is 11.5 Å². The number of carbonyl (C=O) groups excluding carboxylic acids is 1. The van der Waals surface area contributed by atoms with Gasteiger partial charge in [-0.25, -0.2) is 4.99 Å². The van der Waals surface area contributed by atoms with Gasteiger partial charge in [0.1, 0.15) is 5.71 Å². The Morgan fingerprint density at radius 2 is 2.00 bits per heavy atom. The Morgan fingerprint density at radius 1 is 1.38 bits per heavy atom. The molecule has 4 N–H and O–H groups in total. The number of nitrogens with zero attached hydrogens (tertiary/aromatic N) is 1. The summed E-state index contributed by atoms with van der Waals surface area (Å²) in [6.45, 7) is 7.02. The predicted octanol–water partition coefficient (Wildman–Crippen LogP) is 1.87. The minimum absolute atomic E-state index is 0.171. The Kier molecular flexibility index (Phi) is 6.92. The van der Waals surface area contributed by atoms with Crippen molar-refractivity contribution < 1.29 is 4.79 Å². The Bertz CT molecular complexity index is 300. The zero-order chi connectivity index (χ0) is 12.6. The predicted molar refractivity (Wildman–Crippen MR) is 67.9 cm³/mol. The van der Waals surface area contributed by atoms with Crippen molar-refractivity contribution >= 4 is 11.5 Å². The van der Waals surface area contributed by atoms with Crippen LogP contribution in [0.1, 0.15) is 39.5 Å². The molecule has 0 aliphatic rings. The number of hydrogen-bond acceptors (Lipinski definition) is 4. The van der Waals surface area contributed by atoms with Crippen LogP contribution in [0, 0.1) is 0 Å². The standard InChI is InChI=1S/C12H21N3O/c1-4-5-6-7-11(14)8-15-12(9(2)13)10(3)16/h8H,2,4-7,13-14H2,1,3H3/b11-8-,15-12?. The molecule has 0 saturated carbocycles. The van der Waals surface area contributed by atoms with Gasteiger partial charge in [-0.1, -0.05) is 26.3 Å². The van der Waals surface area contributed by atoms with Crippen LogP contribution in [0.5, 0.6) is 0 Å². The van der Waals surface area contributed by atoms with Gasteiger partial charge in [-0.2, -0.15) is 0 Å². The van der Waals surface area contributed by atoms with Crippen molar-refractivity contribution in [2.45, 2.75) is 39.5 Å². The molecule has 0 aliphatic carbocycles. The summed E-state index contributed by atoms with van der Waals surface area (Å²) in [6, 6.07) is 0. The van der Waals surface area contributed by atoms with Crippen molar-refractivity contribution in [3.63, 3.8) is 0 Å². The average Bonchev–Trinajstić information content (AvgIpc) is 2.17. The van der Waals surface area contributed by atoms with E-state index in [0.29, 0.717) is 5.70 Å². The first-order valence-electron chi connectivity index (χ1n) is 5.47. The van der Waals surface area contributed by atoms with Crippen LogP contribution in [-0.4, -0.2) is 11.5 Å². The van der Waals surface area contributed by atoms with Gasteiger partial charge in [0.25, 0.3) is 0 Å². The third-order valence-electron chi connectivity index (χ3n) is 2.07. The highest BCUT2D eigenvalue weighted by Crippen LogP contribution is 2.04. The maximum atomic E-state index is 11.1. The zero-order valence-electron chi connectivity index (χ0n) is 10.1. The van der Waals surface area contributed by atoms with Gasteiger partial charge in [0, 0.05) is 18.8 Å². The Hall–Kier alpha value is -1.58. The summed E-state index contributed by atoms with van der Waals surface area (Å²) >= 11 is 0. The number of carbonyl (C=O) groups is 1. The van der Waals surface area contributed by atoms with Crippen LogP contribution in [0.15, 0.2) is 29.2 Å². The van der Waals surface area contributed by atoms with Gasteiger partial charge in [0.05, 0.1) is 5.70 Å². The second kappa shape index (κ2) is 7.68. The van der Waals surface area contributed by atoms with Crippen LogP contribution >= 0.6 is 0 Å². The summed E-state index contributed by atoms with van der Waals surface area (Å²) in [4.78, 5) is 15.1. The molecular weight excluding hydrogens is 202 g/mol. The van der Waals surface area contributed by atoms with E-state index in [9.17, 15) is 4.79 Å². The molecule has 4 nitrogen and oxygen atoms in total. The third kappa shape index (κ3) is 6.01. The van der Waals surface area contributed by atoms with Crippen molar-refractivity contribution in [3.8, 4) is 0 Å². The summed E-state index contributed by atoms with van der Waals surface area (Å²) in [7, 11) is 0. The molecule has 0 aromatic heterocycles. The van der Waals surface area contributed by atoms with E-state index in [2.05, 4.69) is 18.5 Å². The Morgan fingerprint density at radius 3 is 2.44 bits per heavy atom. The molecule has 0 bridgehead atoms. The smallest absolute Gasteiger partial charge is 0.180 e. The van der Waals surface area contributed by atoms with Crippen LogP contribution in [0.25, 0.3) is 0 Å². The zero-order valence-corrected chi connectivity index (χ0v) is 10.1. The van der Waals surface area contributed by atoms with E-state index in [0.717, 1.165) is 25.7 Å². The number of Topliss-reactive ketones (excluding diaryl/α,β-unsaturated/α-hetero) is 1. The maximum absolute atomic E-state index is 11.1. The molecule has 0 aromatic rings. The summed E-state index contributed by atoms with van der Waals surface area (Å²) in [6.07, 6.45) is 5.60. The van der Waals surface area contributed by atoms with Crippen LogP contribution in [-0.2, 0) is 4.79 Å². The van der Waals surface area contributed by atoms with E-state index in [1.807, 2.05) is 0 Å². The van der Waals surface area contributed by atoms with E-state index >= 15 is 0 Å². The SMILES string of the molecule is C=C(N)C(=N/C=C(\N)CCCCC)C(C)=O. The van der Waals surface area contributed by atoms with Crippen molar-refractivity contribution in [1.82, 2.24) is 0 Å². The van der Waals surface area contributed by atoms with Crippen molar-refractivity contribution in [3.05, 3.63) is 24.2 Å². The van der Waals surface area contributed by atoms with E-state index in [-0.39, 0.29) is 17.2 Å². The molecule has 0 rings (SSSR count). The summed E-state index contributed by atoms with van der Waals surface area (Å²) in [5.74, 6) is -0.204. The first-order valence-corrected chi connectivity index (χ1v) is 5.47. The number of hydrogen-bond donors (Lipinski definition) is 2. The van der Waals surface area contributed by atoms with Gasteiger partial charge in [-0.05, 0) is 12.8 Å². The average molecular weight is 223 g/mol. The molecule has 0 spiro atoms. The fraction of sp³-hybridized carbons (Fsp3) is 0.500. The van der Waals surface area contributed by atoms with Gasteiger partial charge in [0.2, 0.25) is 0 Å². The van der Waals surface area contributed by atoms with Crippen molar-refractivity contribution in [2.75, 3.05) is 0 Å². The van der Waals surface area contributed by atoms with E-state index < -0.39 is 0 Å². The minimum atomic E-state index is -0.204. The fourth-order valence-electron chi connectivity index (χ4n) is 1.19. The highest BCUT2D eigenvalue weighted by Gasteiger charge is 2.05. The summed E-state index contributed by atoms with van der Waals surface area (Å²) in [5, 5.41) is 0. The highest BCUT2D eigenvalue weighted by atomic mass is 16.1.